The van der Waals surface area contributed by atoms with Crippen molar-refractivity contribution in [2.75, 3.05) is 6.61 Å². The van der Waals surface area contributed by atoms with E-state index in [4.69, 9.17) is 14.7 Å². The lowest BCUT2D eigenvalue weighted by Gasteiger charge is -2.13. The van der Waals surface area contributed by atoms with Crippen molar-refractivity contribution in [1.29, 1.82) is 5.26 Å². The number of nitrogens with zero attached hydrogens (tertiary/aromatic N) is 1. The fourth-order valence-corrected chi connectivity index (χ4v) is 2.05. The molecule has 0 aliphatic heterocycles. The Kier molecular flexibility index (Phi) is 5.16. The summed E-state index contributed by atoms with van der Waals surface area (Å²) in [6, 6.07) is 14.4. The van der Waals surface area contributed by atoms with E-state index >= 15 is 0 Å². The molecule has 0 aliphatic rings. The van der Waals surface area contributed by atoms with Crippen molar-refractivity contribution in [1.82, 2.24) is 0 Å². The molecule has 0 spiro atoms. The van der Waals surface area contributed by atoms with E-state index in [1.165, 1.54) is 6.92 Å². The molecule has 0 N–H and O–H groups in total. The molecule has 0 saturated heterocycles. The zero-order valence-electron chi connectivity index (χ0n) is 12.6. The first-order valence-electron chi connectivity index (χ1n) is 7.04. The molecule has 0 aliphatic carbocycles. The van der Waals surface area contributed by atoms with Gasteiger partial charge < -0.3 is 9.47 Å². The van der Waals surface area contributed by atoms with Crippen LogP contribution in [0.2, 0.25) is 0 Å². The molecule has 0 radical (unpaired) electrons. The van der Waals surface area contributed by atoms with E-state index in [-0.39, 0.29) is 12.4 Å². The van der Waals surface area contributed by atoms with Gasteiger partial charge in [0.2, 0.25) is 0 Å². The van der Waals surface area contributed by atoms with Crippen molar-refractivity contribution in [2.24, 2.45) is 0 Å². The number of para-hydroxylation sites is 1. The Morgan fingerprint density at radius 3 is 2.59 bits per heavy atom. The molecule has 0 atom stereocenters. The van der Waals surface area contributed by atoms with E-state index in [1.807, 2.05) is 13.0 Å². The van der Waals surface area contributed by atoms with Crippen LogP contribution in [0.15, 0.2) is 42.5 Å². The van der Waals surface area contributed by atoms with Crippen molar-refractivity contribution in [3.05, 3.63) is 59.2 Å². The van der Waals surface area contributed by atoms with E-state index in [1.54, 1.807) is 36.4 Å². The van der Waals surface area contributed by atoms with Crippen LogP contribution in [0.1, 0.15) is 35.3 Å². The highest BCUT2D eigenvalue weighted by Gasteiger charge is 2.10. The largest absolute Gasteiger partial charge is 0.493 e. The van der Waals surface area contributed by atoms with Gasteiger partial charge in [0.05, 0.1) is 12.2 Å². The fourth-order valence-electron chi connectivity index (χ4n) is 2.05. The molecule has 0 bridgehead atoms. The predicted octanol–water partition coefficient (Wildman–Crippen LogP) is 3.74. The summed E-state index contributed by atoms with van der Waals surface area (Å²) in [4.78, 5) is 11.5. The smallest absolute Gasteiger partial charge is 0.159 e. The molecule has 0 amide bonds. The number of hydrogen-bond donors (Lipinski definition) is 0. The zero-order chi connectivity index (χ0) is 15.9. The number of nitriles is 1. The van der Waals surface area contributed by atoms with Gasteiger partial charge in [-0.3, -0.25) is 4.79 Å². The molecular weight excluding hydrogens is 278 g/mol. The monoisotopic (exact) mass is 295 g/mol. The number of carbonyl (C=O) groups excluding carboxylic acids is 1. The second-order valence-corrected chi connectivity index (χ2v) is 4.71. The van der Waals surface area contributed by atoms with Crippen molar-refractivity contribution >= 4 is 5.78 Å². The van der Waals surface area contributed by atoms with Gasteiger partial charge in [0.25, 0.3) is 0 Å². The van der Waals surface area contributed by atoms with Gasteiger partial charge in [-0.1, -0.05) is 12.1 Å². The summed E-state index contributed by atoms with van der Waals surface area (Å²) in [5, 5.41) is 9.07. The van der Waals surface area contributed by atoms with E-state index in [9.17, 15) is 4.79 Å². The summed E-state index contributed by atoms with van der Waals surface area (Å²) in [6.45, 7) is 4.18. The van der Waals surface area contributed by atoms with Gasteiger partial charge in [0.15, 0.2) is 5.78 Å². The summed E-state index contributed by atoms with van der Waals surface area (Å²) in [5.41, 5.74) is 1.86. The molecule has 2 aromatic carbocycles. The van der Waals surface area contributed by atoms with Crippen LogP contribution < -0.4 is 9.47 Å². The molecule has 0 unspecified atom stereocenters. The molecule has 0 heterocycles. The Morgan fingerprint density at radius 2 is 1.91 bits per heavy atom. The normalized spacial score (nSPS) is 9.86. The number of carbonyl (C=O) groups is 1. The van der Waals surface area contributed by atoms with Gasteiger partial charge in [-0.25, -0.2) is 0 Å². The minimum Gasteiger partial charge on any atom is -0.493 e. The second kappa shape index (κ2) is 7.28. The quantitative estimate of drug-likeness (QED) is 0.762. The van der Waals surface area contributed by atoms with Crippen LogP contribution in [-0.2, 0) is 6.61 Å². The van der Waals surface area contributed by atoms with E-state index < -0.39 is 0 Å². The Hall–Kier alpha value is -2.80. The number of hydrogen-bond acceptors (Lipinski definition) is 4. The number of benzene rings is 2. The Morgan fingerprint density at radius 1 is 1.14 bits per heavy atom. The van der Waals surface area contributed by atoms with Crippen LogP contribution in [-0.4, -0.2) is 12.4 Å². The van der Waals surface area contributed by atoms with Crippen LogP contribution in [0.25, 0.3) is 0 Å². The zero-order valence-corrected chi connectivity index (χ0v) is 12.6. The summed E-state index contributed by atoms with van der Waals surface area (Å²) in [5.74, 6) is 1.18. The maximum Gasteiger partial charge on any atom is 0.159 e. The highest BCUT2D eigenvalue weighted by molar-refractivity contribution is 5.94. The molecule has 2 aromatic rings. The van der Waals surface area contributed by atoms with E-state index in [0.717, 1.165) is 5.56 Å². The van der Waals surface area contributed by atoms with E-state index in [2.05, 4.69) is 6.07 Å². The lowest BCUT2D eigenvalue weighted by atomic mass is 10.1. The molecule has 0 fully saturated rings. The Labute approximate surface area is 129 Å². The first kappa shape index (κ1) is 15.6. The van der Waals surface area contributed by atoms with Crippen molar-refractivity contribution < 1.29 is 14.3 Å². The molecule has 0 saturated carbocycles. The van der Waals surface area contributed by atoms with Crippen LogP contribution in [0, 0.1) is 11.3 Å². The van der Waals surface area contributed by atoms with Crippen LogP contribution >= 0.6 is 0 Å². The third-order valence-corrected chi connectivity index (χ3v) is 3.16. The standard InChI is InChI=1S/C18H17NO3/c1-3-21-18-9-8-14(13(2)20)10-16(18)12-22-17-7-5-4-6-15(17)11-19/h4-10H,3,12H2,1-2H3. The highest BCUT2D eigenvalue weighted by atomic mass is 16.5. The lowest BCUT2D eigenvalue weighted by molar-refractivity contribution is 0.101. The molecule has 0 aromatic heterocycles. The van der Waals surface area contributed by atoms with Crippen LogP contribution in [0.5, 0.6) is 11.5 Å². The first-order valence-corrected chi connectivity index (χ1v) is 7.04. The van der Waals surface area contributed by atoms with Crippen molar-refractivity contribution in [2.45, 2.75) is 20.5 Å². The van der Waals surface area contributed by atoms with Crippen molar-refractivity contribution in [3.8, 4) is 17.6 Å². The number of rotatable bonds is 6. The predicted molar refractivity (Wildman–Crippen MR) is 83.1 cm³/mol. The average Bonchev–Trinajstić information content (AvgIpc) is 2.54. The van der Waals surface area contributed by atoms with Gasteiger partial charge in [-0.05, 0) is 44.2 Å². The second-order valence-electron chi connectivity index (χ2n) is 4.71. The van der Waals surface area contributed by atoms with E-state index in [0.29, 0.717) is 29.2 Å². The number of ether oxygens (including phenoxy) is 2. The SMILES string of the molecule is CCOc1ccc(C(C)=O)cc1COc1ccccc1C#N. The molecule has 112 valence electrons. The molecule has 22 heavy (non-hydrogen) atoms. The van der Waals surface area contributed by atoms with Crippen LogP contribution in [0.4, 0.5) is 0 Å². The summed E-state index contributed by atoms with van der Waals surface area (Å²) >= 11 is 0. The van der Waals surface area contributed by atoms with Gasteiger partial charge >= 0.3 is 0 Å². The molecule has 4 heteroatoms. The van der Waals surface area contributed by atoms with Gasteiger partial charge in [-0.15, -0.1) is 0 Å². The minimum absolute atomic E-state index is 0.0123. The summed E-state index contributed by atoms with van der Waals surface area (Å²) in [6.07, 6.45) is 0. The minimum atomic E-state index is -0.0123. The Balaban J connectivity index is 2.25. The average molecular weight is 295 g/mol. The van der Waals surface area contributed by atoms with Gasteiger partial charge in [-0.2, -0.15) is 5.26 Å². The summed E-state index contributed by atoms with van der Waals surface area (Å²) < 4.78 is 11.3. The molecular formula is C18H17NO3. The third kappa shape index (κ3) is 3.64. The topological polar surface area (TPSA) is 59.3 Å². The lowest BCUT2D eigenvalue weighted by Crippen LogP contribution is -2.04. The third-order valence-electron chi connectivity index (χ3n) is 3.16. The van der Waals surface area contributed by atoms with Gasteiger partial charge in [0.1, 0.15) is 24.2 Å². The van der Waals surface area contributed by atoms with Crippen molar-refractivity contribution in [3.63, 3.8) is 0 Å². The number of Topliss-reactive ketones (excluding diaryl/α,β-unsaturated/α-hetero) is 1. The van der Waals surface area contributed by atoms with Crippen LogP contribution in [0.3, 0.4) is 0 Å². The maximum absolute atomic E-state index is 11.5. The fraction of sp³-hybridized carbons (Fsp3) is 0.222. The first-order chi connectivity index (χ1) is 10.7. The van der Waals surface area contributed by atoms with Gasteiger partial charge in [0, 0.05) is 11.1 Å². The molecule has 4 nitrogen and oxygen atoms in total. The number of ketones is 1. The summed E-state index contributed by atoms with van der Waals surface area (Å²) in [7, 11) is 0. The molecule has 2 rings (SSSR count). The highest BCUT2D eigenvalue weighted by Crippen LogP contribution is 2.24. The maximum atomic E-state index is 11.5. The Bertz CT molecular complexity index is 717.